The number of amides is 1. The first-order valence-corrected chi connectivity index (χ1v) is 12.0. The van der Waals surface area contributed by atoms with Crippen LogP contribution in [0.1, 0.15) is 66.1 Å². The quantitative estimate of drug-likeness (QED) is 0.231. The van der Waals surface area contributed by atoms with Gasteiger partial charge in [0.1, 0.15) is 11.5 Å². The van der Waals surface area contributed by atoms with Gasteiger partial charge in [-0.05, 0) is 64.0 Å². The number of H-pyrrole nitrogens is 1. The maximum Gasteiger partial charge on any atom is 0.355 e. The lowest BCUT2D eigenvalue weighted by Crippen LogP contribution is -2.33. The molecule has 1 aliphatic rings. The van der Waals surface area contributed by atoms with Crippen LogP contribution in [-0.4, -0.2) is 75.3 Å². The highest BCUT2D eigenvalue weighted by Gasteiger charge is 2.46. The van der Waals surface area contributed by atoms with Gasteiger partial charge in [0, 0.05) is 30.2 Å². The van der Waals surface area contributed by atoms with E-state index in [1.54, 1.807) is 45.3 Å². The predicted molar refractivity (Wildman–Crippen MR) is 132 cm³/mol. The molecule has 0 bridgehead atoms. The number of Topliss-reactive ketones (excluding diaryl/α,β-unsaturated/α-hetero) is 1. The van der Waals surface area contributed by atoms with Crippen LogP contribution in [0, 0.1) is 13.8 Å². The first kappa shape index (κ1) is 26.2. The van der Waals surface area contributed by atoms with E-state index in [-0.39, 0.29) is 23.6 Å². The fraction of sp³-hybridized carbons (Fsp3) is 0.462. The number of carbonyl (C=O) groups excluding carboxylic acids is 3. The molecule has 0 saturated carbocycles. The highest BCUT2D eigenvalue weighted by molar-refractivity contribution is 6.46. The summed E-state index contributed by atoms with van der Waals surface area (Å²) in [7, 11) is 0. The van der Waals surface area contributed by atoms with Gasteiger partial charge in [0.15, 0.2) is 0 Å². The summed E-state index contributed by atoms with van der Waals surface area (Å²) in [5.41, 5.74) is 2.11. The molecule has 2 aromatic heterocycles. The number of hydrogen-bond donors (Lipinski definition) is 2. The van der Waals surface area contributed by atoms with Crippen molar-refractivity contribution in [1.29, 1.82) is 0 Å². The minimum absolute atomic E-state index is 0.00792. The van der Waals surface area contributed by atoms with Crippen molar-refractivity contribution in [3.8, 4) is 0 Å². The monoisotopic (exact) mass is 482 g/mol. The number of esters is 1. The molecule has 0 unspecified atom stereocenters. The van der Waals surface area contributed by atoms with Crippen LogP contribution in [0.25, 0.3) is 5.76 Å². The fourth-order valence-electron chi connectivity index (χ4n) is 4.65. The number of likely N-dealkylation sites (tertiary alicyclic amines) is 1. The van der Waals surface area contributed by atoms with Crippen LogP contribution >= 0.6 is 0 Å². The summed E-state index contributed by atoms with van der Waals surface area (Å²) in [5, 5.41) is 11.4. The van der Waals surface area contributed by atoms with Crippen LogP contribution < -0.4 is 0 Å². The summed E-state index contributed by atoms with van der Waals surface area (Å²) >= 11 is 0. The third-order valence-electron chi connectivity index (χ3n) is 6.46. The largest absolute Gasteiger partial charge is 0.507 e. The molecule has 35 heavy (non-hydrogen) atoms. The van der Waals surface area contributed by atoms with Crippen LogP contribution in [0.15, 0.2) is 30.1 Å². The molecule has 2 aromatic rings. The summed E-state index contributed by atoms with van der Waals surface area (Å²) in [4.78, 5) is 49.6. The van der Waals surface area contributed by atoms with Crippen molar-refractivity contribution in [2.45, 2.75) is 47.1 Å². The second-order valence-corrected chi connectivity index (χ2v) is 8.50. The molecule has 1 fully saturated rings. The number of carbonyl (C=O) groups is 3. The zero-order valence-electron chi connectivity index (χ0n) is 21.1. The second-order valence-electron chi connectivity index (χ2n) is 8.50. The maximum absolute atomic E-state index is 13.2. The van der Waals surface area contributed by atoms with Gasteiger partial charge in [-0.3, -0.25) is 14.6 Å². The molecule has 3 heterocycles. The predicted octanol–water partition coefficient (Wildman–Crippen LogP) is 3.36. The fourth-order valence-corrected chi connectivity index (χ4v) is 4.65. The molecule has 9 nitrogen and oxygen atoms in total. The Labute approximate surface area is 205 Å². The number of nitrogens with one attached hydrogen (secondary N) is 1. The zero-order valence-corrected chi connectivity index (χ0v) is 21.1. The Morgan fingerprint density at radius 2 is 1.94 bits per heavy atom. The lowest BCUT2D eigenvalue weighted by Gasteiger charge is -2.26. The first-order chi connectivity index (χ1) is 16.8. The number of aliphatic hydroxyl groups is 1. The summed E-state index contributed by atoms with van der Waals surface area (Å²) in [6, 6.07) is 2.74. The topological polar surface area (TPSA) is 116 Å². The molecular formula is C26H34N4O5. The maximum atomic E-state index is 13.2. The van der Waals surface area contributed by atoms with Crippen molar-refractivity contribution in [2.75, 3.05) is 32.8 Å². The van der Waals surface area contributed by atoms with Crippen molar-refractivity contribution < 1.29 is 24.2 Å². The molecule has 1 saturated heterocycles. The molecule has 1 aliphatic heterocycles. The number of ketones is 1. The molecule has 1 amide bonds. The van der Waals surface area contributed by atoms with Gasteiger partial charge in [-0.15, -0.1) is 0 Å². The molecular weight excluding hydrogens is 448 g/mol. The van der Waals surface area contributed by atoms with Crippen molar-refractivity contribution in [3.05, 3.63) is 58.2 Å². The van der Waals surface area contributed by atoms with E-state index in [1.165, 1.54) is 4.90 Å². The number of rotatable bonds is 10. The minimum atomic E-state index is -0.778. The number of aromatic nitrogens is 2. The van der Waals surface area contributed by atoms with Crippen LogP contribution in [0.4, 0.5) is 0 Å². The Morgan fingerprint density at radius 1 is 1.23 bits per heavy atom. The Hall–Kier alpha value is -3.46. The number of nitrogens with zero attached hydrogens (tertiary/aromatic N) is 3. The highest BCUT2D eigenvalue weighted by atomic mass is 16.5. The molecule has 0 aliphatic carbocycles. The zero-order chi connectivity index (χ0) is 25.7. The lowest BCUT2D eigenvalue weighted by atomic mass is 9.95. The molecule has 188 valence electrons. The van der Waals surface area contributed by atoms with E-state index < -0.39 is 23.7 Å². The molecule has 1 atom stereocenters. The first-order valence-electron chi connectivity index (χ1n) is 12.0. The molecule has 9 heteroatoms. The summed E-state index contributed by atoms with van der Waals surface area (Å²) in [6.45, 7) is 12.4. The number of hydrogen-bond acceptors (Lipinski definition) is 7. The summed E-state index contributed by atoms with van der Waals surface area (Å²) in [6.07, 6.45) is 3.89. The van der Waals surface area contributed by atoms with Gasteiger partial charge in [-0.1, -0.05) is 19.9 Å². The van der Waals surface area contributed by atoms with Crippen molar-refractivity contribution in [2.24, 2.45) is 0 Å². The number of ether oxygens (including phenoxy) is 1. The number of aromatic amines is 1. The Balaban J connectivity index is 2.08. The number of pyridine rings is 1. The van der Waals surface area contributed by atoms with E-state index >= 15 is 0 Å². The van der Waals surface area contributed by atoms with E-state index in [2.05, 4.69) is 28.7 Å². The van der Waals surface area contributed by atoms with E-state index in [4.69, 9.17) is 4.74 Å². The molecule has 3 rings (SSSR count). The van der Waals surface area contributed by atoms with Crippen LogP contribution in [0.3, 0.4) is 0 Å². The van der Waals surface area contributed by atoms with E-state index in [9.17, 15) is 19.5 Å². The Kier molecular flexibility index (Phi) is 8.45. The van der Waals surface area contributed by atoms with Crippen LogP contribution in [-0.2, 0) is 14.3 Å². The minimum Gasteiger partial charge on any atom is -0.507 e. The third-order valence-corrected chi connectivity index (χ3v) is 6.46. The Bertz CT molecular complexity index is 1120. The number of aliphatic hydroxyl groups excluding tert-OH is 1. The molecule has 0 radical (unpaired) electrons. The lowest BCUT2D eigenvalue weighted by molar-refractivity contribution is -0.140. The SMILES string of the molecule is CCOC(=O)c1[nH]c(C)c(C(O)=C2C(=O)C(=O)N(CCCN(CC)CC)[C@H]2c2cccnc2)c1C. The van der Waals surface area contributed by atoms with Crippen molar-refractivity contribution in [3.63, 3.8) is 0 Å². The van der Waals surface area contributed by atoms with Gasteiger partial charge in [0.2, 0.25) is 0 Å². The van der Waals surface area contributed by atoms with E-state index in [0.717, 1.165) is 19.6 Å². The third kappa shape index (κ3) is 5.14. The molecule has 0 spiro atoms. The standard InChI is InChI=1S/C26H34N4O5/c1-6-29(7-2)13-10-14-30-22(18-11-9-12-27-15-18)20(24(32)25(30)33)23(31)19-16(4)21(28-17(19)5)26(34)35-8-3/h9,11-12,15,22,28,31H,6-8,10,13-14H2,1-5H3/t22-/m0/s1. The average Bonchev–Trinajstić information content (AvgIpc) is 3.29. The van der Waals surface area contributed by atoms with E-state index in [0.29, 0.717) is 35.3 Å². The van der Waals surface area contributed by atoms with Gasteiger partial charge in [-0.2, -0.15) is 0 Å². The highest BCUT2D eigenvalue weighted by Crippen LogP contribution is 2.40. The van der Waals surface area contributed by atoms with Gasteiger partial charge in [0.25, 0.3) is 11.7 Å². The summed E-state index contributed by atoms with van der Waals surface area (Å²) in [5.74, 6) is -2.27. The smallest absolute Gasteiger partial charge is 0.355 e. The second kappa shape index (κ2) is 11.3. The van der Waals surface area contributed by atoms with Gasteiger partial charge in [0.05, 0.1) is 18.2 Å². The summed E-state index contributed by atoms with van der Waals surface area (Å²) < 4.78 is 5.10. The van der Waals surface area contributed by atoms with Crippen molar-refractivity contribution >= 4 is 23.4 Å². The van der Waals surface area contributed by atoms with E-state index in [1.807, 2.05) is 0 Å². The van der Waals surface area contributed by atoms with Crippen LogP contribution in [0.5, 0.6) is 0 Å². The van der Waals surface area contributed by atoms with Gasteiger partial charge >= 0.3 is 5.97 Å². The van der Waals surface area contributed by atoms with Gasteiger partial charge < -0.3 is 24.6 Å². The Morgan fingerprint density at radius 3 is 2.54 bits per heavy atom. The number of aryl methyl sites for hydroxylation is 1. The van der Waals surface area contributed by atoms with Gasteiger partial charge in [-0.25, -0.2) is 4.79 Å². The van der Waals surface area contributed by atoms with Crippen LogP contribution in [0.2, 0.25) is 0 Å². The van der Waals surface area contributed by atoms with Crippen molar-refractivity contribution in [1.82, 2.24) is 19.8 Å². The average molecular weight is 483 g/mol. The molecule has 2 N–H and O–H groups in total. The molecule has 0 aromatic carbocycles. The normalized spacial score (nSPS) is 17.4.